The minimum absolute atomic E-state index is 0.255. The molecule has 0 aliphatic carbocycles. The van der Waals surface area contributed by atoms with Crippen molar-refractivity contribution in [2.45, 2.75) is 261 Å². The minimum atomic E-state index is -1.79. The second-order valence-corrected chi connectivity index (χ2v) is 20.7. The normalized spacial score (nSPS) is 25.3. The molecule has 2 heterocycles. The summed E-state index contributed by atoms with van der Waals surface area (Å²) in [5.74, 6) is -0.255. The molecule has 9 N–H and O–H groups in total. The van der Waals surface area contributed by atoms with E-state index < -0.39 is 86.8 Å². The number of carbonyl (C=O) groups excluding carboxylic acids is 1. The molecule has 2 saturated heterocycles. The summed E-state index contributed by atoms with van der Waals surface area (Å²) in [7, 11) is 0. The van der Waals surface area contributed by atoms with Crippen molar-refractivity contribution in [1.82, 2.24) is 5.32 Å². The van der Waals surface area contributed by atoms with E-state index in [9.17, 15) is 45.6 Å². The Balaban J connectivity index is 1.55. The van der Waals surface area contributed by atoms with E-state index in [2.05, 4.69) is 129 Å². The molecule has 450 valence electrons. The van der Waals surface area contributed by atoms with Crippen LogP contribution in [0.5, 0.6) is 0 Å². The molecule has 2 rings (SSSR count). The quantitative estimate of drug-likeness (QED) is 0.0204. The number of amides is 1. The van der Waals surface area contributed by atoms with Crippen molar-refractivity contribution in [3.63, 3.8) is 0 Å². The molecule has 0 saturated carbocycles. The lowest BCUT2D eigenvalue weighted by Crippen LogP contribution is -2.65. The second kappa shape index (κ2) is 49.0. The lowest BCUT2D eigenvalue weighted by Gasteiger charge is -2.46. The van der Waals surface area contributed by atoms with Gasteiger partial charge in [-0.25, -0.2) is 0 Å². The first-order chi connectivity index (χ1) is 38.6. The fourth-order valence-electron chi connectivity index (χ4n) is 9.05. The maximum Gasteiger partial charge on any atom is 0.220 e. The van der Waals surface area contributed by atoms with E-state index in [0.29, 0.717) is 6.42 Å². The van der Waals surface area contributed by atoms with Gasteiger partial charge in [0.25, 0.3) is 0 Å². The van der Waals surface area contributed by atoms with Gasteiger partial charge >= 0.3 is 0 Å². The Labute approximate surface area is 476 Å². The summed E-state index contributed by atoms with van der Waals surface area (Å²) < 4.78 is 22.6. The highest BCUT2D eigenvalue weighted by atomic mass is 16.7. The first-order valence-electron chi connectivity index (χ1n) is 30.3. The van der Waals surface area contributed by atoms with E-state index in [4.69, 9.17) is 18.9 Å². The molecule has 12 atom stereocenters. The van der Waals surface area contributed by atoms with E-state index in [1.807, 2.05) is 6.08 Å². The Morgan fingerprint density at radius 3 is 1.34 bits per heavy atom. The molecule has 2 aliphatic heterocycles. The monoisotopic (exact) mass is 1110 g/mol. The fraction of sp³-hybridized carbons (Fsp3) is 0.677. The van der Waals surface area contributed by atoms with Gasteiger partial charge in [-0.2, -0.15) is 0 Å². The van der Waals surface area contributed by atoms with Gasteiger partial charge in [-0.3, -0.25) is 4.79 Å². The average molecular weight is 1110 g/mol. The summed E-state index contributed by atoms with van der Waals surface area (Å²) in [6.45, 7) is 2.56. The van der Waals surface area contributed by atoms with Gasteiger partial charge in [-0.1, -0.05) is 212 Å². The van der Waals surface area contributed by atoms with Gasteiger partial charge in [0.05, 0.1) is 32.0 Å². The molecule has 0 bridgehead atoms. The largest absolute Gasteiger partial charge is 0.394 e. The number of carbonyl (C=O) groups is 1. The Morgan fingerprint density at radius 1 is 0.468 bits per heavy atom. The first kappa shape index (κ1) is 71.5. The number of rotatable bonds is 46. The van der Waals surface area contributed by atoms with E-state index in [1.165, 1.54) is 44.9 Å². The zero-order valence-electron chi connectivity index (χ0n) is 48.3. The van der Waals surface area contributed by atoms with Crippen LogP contribution in [0.4, 0.5) is 0 Å². The van der Waals surface area contributed by atoms with E-state index in [1.54, 1.807) is 6.08 Å². The van der Waals surface area contributed by atoms with Gasteiger partial charge < -0.3 is 65.1 Å². The van der Waals surface area contributed by atoms with Gasteiger partial charge in [0.1, 0.15) is 48.8 Å². The Kier molecular flexibility index (Phi) is 44.4. The number of nitrogens with one attached hydrogen (secondary N) is 1. The number of unbranched alkanes of at least 4 members (excludes halogenated alkanes) is 15. The highest BCUT2D eigenvalue weighted by Gasteiger charge is 2.51. The molecule has 12 unspecified atom stereocenters. The summed E-state index contributed by atoms with van der Waals surface area (Å²) in [6, 6.07) is -0.920. The van der Waals surface area contributed by atoms with Gasteiger partial charge in [0.2, 0.25) is 5.91 Å². The van der Waals surface area contributed by atoms with E-state index >= 15 is 0 Å². The standard InChI is InChI=1S/C65H107NO13/c1-3-5-7-9-11-12-13-14-15-16-17-18-19-20-21-22-23-24-25-26-27-28-29-30-31-32-33-34-35-36-37-38-39-40-41-42-43-45-47-49-57(70)66-53(54(69)48-46-44-10-8-6-4-2)52-76-64-62(75)60(73)63(56(51-68)78-64)79-65-61(74)59(72)58(71)55(50-67)77-65/h5,7,11-12,14-15,17-18,20-21,23-24,26-27,29-30,32-33,46,48,53-56,58-65,67-69,71-75H,3-4,6,8-10,13,16,19,22,25,28,31,34-45,47,49-52H2,1-2H3,(H,66,70)/b7-5-,12-11-,15-14-,18-17-,21-20-,24-23-,27-26-,30-29-,33-32-,48-46+. The maximum atomic E-state index is 13.1. The topological polar surface area (TPSA) is 228 Å². The van der Waals surface area contributed by atoms with Gasteiger partial charge in [0.15, 0.2) is 12.6 Å². The lowest BCUT2D eigenvalue weighted by molar-refractivity contribution is -0.359. The molecule has 79 heavy (non-hydrogen) atoms. The first-order valence-corrected chi connectivity index (χ1v) is 30.3. The fourth-order valence-corrected chi connectivity index (χ4v) is 9.05. The Morgan fingerprint density at radius 2 is 0.873 bits per heavy atom. The average Bonchev–Trinajstić information content (AvgIpc) is 3.47. The van der Waals surface area contributed by atoms with Crippen molar-refractivity contribution in [1.29, 1.82) is 0 Å². The molecule has 0 aromatic carbocycles. The number of ether oxygens (including phenoxy) is 4. The van der Waals surface area contributed by atoms with Crippen LogP contribution in [0.25, 0.3) is 0 Å². The number of allylic oxidation sites excluding steroid dienone is 19. The van der Waals surface area contributed by atoms with Crippen LogP contribution in [0.2, 0.25) is 0 Å². The zero-order valence-corrected chi connectivity index (χ0v) is 48.3. The van der Waals surface area contributed by atoms with Crippen molar-refractivity contribution >= 4 is 5.91 Å². The molecule has 0 spiro atoms. The second-order valence-electron chi connectivity index (χ2n) is 20.7. The van der Waals surface area contributed by atoms with Gasteiger partial charge in [-0.15, -0.1) is 0 Å². The van der Waals surface area contributed by atoms with Gasteiger partial charge in [0, 0.05) is 6.42 Å². The SMILES string of the molecule is CC/C=C\C/C=C\C/C=C\C/C=C\C/C=C\C/C=C\C/C=C\C/C=C\C/C=C\CCCCCCCCCCCCCC(=O)NC(COC1OC(CO)C(OC2OC(CO)C(O)C(O)C2O)C(O)C1O)C(O)/C=C/CCCCCC. The number of aliphatic hydroxyl groups excluding tert-OH is 8. The van der Waals surface area contributed by atoms with Crippen LogP contribution in [0.1, 0.15) is 187 Å². The molecule has 0 radical (unpaired) electrons. The molecular weight excluding hydrogens is 1000 g/mol. The molecule has 2 aliphatic rings. The third kappa shape index (κ3) is 34.4. The van der Waals surface area contributed by atoms with Crippen molar-refractivity contribution in [3.8, 4) is 0 Å². The van der Waals surface area contributed by atoms with Crippen molar-refractivity contribution in [2.75, 3.05) is 19.8 Å². The van der Waals surface area contributed by atoms with Crippen LogP contribution >= 0.6 is 0 Å². The van der Waals surface area contributed by atoms with Gasteiger partial charge in [-0.05, 0) is 89.9 Å². The van der Waals surface area contributed by atoms with E-state index in [-0.39, 0.29) is 18.9 Å². The summed E-state index contributed by atoms with van der Waals surface area (Å²) in [6.07, 6.45) is 54.5. The van der Waals surface area contributed by atoms with Crippen LogP contribution < -0.4 is 5.32 Å². The van der Waals surface area contributed by atoms with Crippen molar-refractivity contribution in [2.24, 2.45) is 0 Å². The highest BCUT2D eigenvalue weighted by Crippen LogP contribution is 2.30. The maximum absolute atomic E-state index is 13.1. The Hall–Kier alpha value is -3.61. The minimum Gasteiger partial charge on any atom is -0.394 e. The summed E-state index contributed by atoms with van der Waals surface area (Å²) in [5.41, 5.74) is 0. The number of hydrogen-bond donors (Lipinski definition) is 9. The molecule has 14 heteroatoms. The Bertz CT molecular complexity index is 1790. The predicted molar refractivity (Wildman–Crippen MR) is 318 cm³/mol. The molecule has 0 aromatic heterocycles. The van der Waals surface area contributed by atoms with Crippen LogP contribution in [0, 0.1) is 0 Å². The third-order valence-electron chi connectivity index (χ3n) is 13.9. The molecular formula is C65H107NO13. The highest BCUT2D eigenvalue weighted by molar-refractivity contribution is 5.76. The number of aliphatic hydroxyl groups is 8. The van der Waals surface area contributed by atoms with Crippen LogP contribution in [-0.2, 0) is 23.7 Å². The molecule has 14 nitrogen and oxygen atoms in total. The summed E-state index contributed by atoms with van der Waals surface area (Å²) in [5, 5.41) is 86.5. The smallest absolute Gasteiger partial charge is 0.220 e. The molecule has 0 aromatic rings. The van der Waals surface area contributed by atoms with Crippen LogP contribution in [0.15, 0.2) is 122 Å². The summed E-state index contributed by atoms with van der Waals surface area (Å²) in [4.78, 5) is 13.1. The zero-order chi connectivity index (χ0) is 57.4. The molecule has 2 fully saturated rings. The van der Waals surface area contributed by atoms with Crippen LogP contribution in [-0.4, -0.2) is 140 Å². The van der Waals surface area contributed by atoms with Crippen LogP contribution in [0.3, 0.4) is 0 Å². The third-order valence-corrected chi connectivity index (χ3v) is 13.9. The summed E-state index contributed by atoms with van der Waals surface area (Å²) >= 11 is 0. The van der Waals surface area contributed by atoms with Crippen molar-refractivity contribution < 1.29 is 64.6 Å². The molecule has 1 amide bonds. The number of hydrogen-bond acceptors (Lipinski definition) is 13. The van der Waals surface area contributed by atoms with E-state index in [0.717, 1.165) is 116 Å². The van der Waals surface area contributed by atoms with Crippen molar-refractivity contribution in [3.05, 3.63) is 122 Å². The predicted octanol–water partition coefficient (Wildman–Crippen LogP) is 10.6. The lowest BCUT2D eigenvalue weighted by atomic mass is 9.97.